The van der Waals surface area contributed by atoms with E-state index in [4.69, 9.17) is 4.42 Å². The average molecular weight is 367 g/mol. The Labute approximate surface area is 165 Å². The highest BCUT2D eigenvalue weighted by molar-refractivity contribution is 5.88. The van der Waals surface area contributed by atoms with E-state index in [2.05, 4.69) is 73.5 Å². The molecule has 0 aliphatic rings. The van der Waals surface area contributed by atoms with Crippen molar-refractivity contribution in [2.45, 2.75) is 27.2 Å². The Morgan fingerprint density at radius 3 is 2.46 bits per heavy atom. The minimum atomic E-state index is 0.909. The third-order valence-corrected chi connectivity index (χ3v) is 5.31. The molecule has 0 aliphatic heterocycles. The largest absolute Gasteiger partial charge is 0.454 e. The molecule has 0 fully saturated rings. The molecule has 28 heavy (non-hydrogen) atoms. The summed E-state index contributed by atoms with van der Waals surface area (Å²) in [6, 6.07) is 18.7. The third-order valence-electron chi connectivity index (χ3n) is 5.31. The van der Waals surface area contributed by atoms with E-state index >= 15 is 0 Å². The first-order valence-electron chi connectivity index (χ1n) is 9.76. The standard InChI is InChI=1S/C26H25NO/c1-5-7-16-23-18(3)19(4)25(27(23)20-13-9-8-10-14-20)26-21(6-2)22-15-11-12-17-24(22)28-26/h5,7-17H,3,6H2,1-2,4H3. The molecule has 2 heteroatoms. The summed E-state index contributed by atoms with van der Waals surface area (Å²) in [6.07, 6.45) is 7.13. The molecule has 0 saturated heterocycles. The molecule has 0 amide bonds. The van der Waals surface area contributed by atoms with Gasteiger partial charge < -0.3 is 8.98 Å². The van der Waals surface area contributed by atoms with Crippen molar-refractivity contribution in [2.75, 3.05) is 0 Å². The summed E-state index contributed by atoms with van der Waals surface area (Å²) in [5.74, 6) is 0.940. The summed E-state index contributed by atoms with van der Waals surface area (Å²) in [6.45, 7) is 10.7. The van der Waals surface area contributed by atoms with Crippen LogP contribution >= 0.6 is 0 Å². The number of allylic oxidation sites excluding steroid dienone is 2. The van der Waals surface area contributed by atoms with E-state index in [1.165, 1.54) is 10.9 Å². The van der Waals surface area contributed by atoms with E-state index in [1.807, 2.05) is 31.2 Å². The summed E-state index contributed by atoms with van der Waals surface area (Å²) in [5, 5.41) is 3.29. The fraction of sp³-hybridized carbons (Fsp3) is 0.154. The summed E-state index contributed by atoms with van der Waals surface area (Å²) < 4.78 is 8.68. The second-order valence-electron chi connectivity index (χ2n) is 6.96. The highest BCUT2D eigenvalue weighted by Gasteiger charge is 2.22. The maximum atomic E-state index is 6.41. The Kier molecular flexibility index (Phi) is 4.79. The minimum absolute atomic E-state index is 0.909. The SMILES string of the molecule is C=c1c(C)c(-c2oc3ccccc3c2CC)n(-c2ccccc2)c1=CC=CC. The number of aryl methyl sites for hydroxylation is 1. The average Bonchev–Trinajstić information content (AvgIpc) is 3.22. The van der Waals surface area contributed by atoms with Crippen LogP contribution < -0.4 is 10.6 Å². The Morgan fingerprint density at radius 2 is 1.75 bits per heavy atom. The molecular formula is C26H25NO. The number of nitrogens with zero attached hydrogens (tertiary/aromatic N) is 1. The van der Waals surface area contributed by atoms with Crippen LogP contribution in [0.2, 0.25) is 0 Å². The monoisotopic (exact) mass is 367 g/mol. The number of fused-ring (bicyclic) bond motifs is 1. The lowest BCUT2D eigenvalue weighted by Gasteiger charge is -2.11. The molecule has 0 radical (unpaired) electrons. The predicted octanol–water partition coefficient (Wildman–Crippen LogP) is 5.53. The van der Waals surface area contributed by atoms with Gasteiger partial charge in [0.25, 0.3) is 0 Å². The first-order chi connectivity index (χ1) is 13.7. The van der Waals surface area contributed by atoms with Crippen LogP contribution in [0, 0.1) is 6.92 Å². The fourth-order valence-electron chi connectivity index (χ4n) is 3.88. The number of hydrogen-bond acceptors (Lipinski definition) is 1. The van der Waals surface area contributed by atoms with Crippen LogP contribution in [-0.4, -0.2) is 4.57 Å². The van der Waals surface area contributed by atoms with Gasteiger partial charge in [-0.2, -0.15) is 0 Å². The van der Waals surface area contributed by atoms with Crippen molar-refractivity contribution in [3.63, 3.8) is 0 Å². The van der Waals surface area contributed by atoms with Crippen molar-refractivity contribution in [3.05, 3.63) is 88.4 Å². The zero-order valence-electron chi connectivity index (χ0n) is 16.7. The van der Waals surface area contributed by atoms with Gasteiger partial charge in [-0.1, -0.05) is 62.1 Å². The van der Waals surface area contributed by atoms with Crippen molar-refractivity contribution in [1.29, 1.82) is 0 Å². The van der Waals surface area contributed by atoms with E-state index in [1.54, 1.807) is 0 Å². The lowest BCUT2D eigenvalue weighted by molar-refractivity contribution is 0.621. The van der Waals surface area contributed by atoms with Gasteiger partial charge in [0.15, 0.2) is 5.76 Å². The first kappa shape index (κ1) is 18.1. The molecule has 4 rings (SSSR count). The molecule has 2 aromatic heterocycles. The molecule has 0 atom stereocenters. The highest BCUT2D eigenvalue weighted by atomic mass is 16.3. The zero-order valence-corrected chi connectivity index (χ0v) is 16.7. The molecule has 0 spiro atoms. The topological polar surface area (TPSA) is 18.1 Å². The van der Waals surface area contributed by atoms with E-state index in [-0.39, 0.29) is 0 Å². The molecule has 0 unspecified atom stereocenters. The molecule has 4 aromatic rings. The lowest BCUT2D eigenvalue weighted by atomic mass is 10.0. The molecule has 2 nitrogen and oxygen atoms in total. The van der Waals surface area contributed by atoms with Crippen molar-refractivity contribution in [2.24, 2.45) is 0 Å². The normalized spacial score (nSPS) is 12.5. The summed E-state index contributed by atoms with van der Waals surface area (Å²) in [5.41, 5.74) is 5.51. The molecule has 140 valence electrons. The van der Waals surface area contributed by atoms with Crippen molar-refractivity contribution < 1.29 is 4.42 Å². The number of hydrogen-bond donors (Lipinski definition) is 0. The van der Waals surface area contributed by atoms with Gasteiger partial charge >= 0.3 is 0 Å². The number of furan rings is 1. The Morgan fingerprint density at radius 1 is 1.04 bits per heavy atom. The van der Waals surface area contributed by atoms with Crippen LogP contribution in [0.15, 0.2) is 71.2 Å². The second-order valence-corrected chi connectivity index (χ2v) is 6.96. The zero-order chi connectivity index (χ0) is 19.7. The van der Waals surface area contributed by atoms with Gasteiger partial charge in [0, 0.05) is 16.6 Å². The Hall–Kier alpha value is -3.26. The van der Waals surface area contributed by atoms with E-state index in [0.29, 0.717) is 0 Å². The van der Waals surface area contributed by atoms with Crippen LogP contribution in [0.25, 0.3) is 40.8 Å². The first-order valence-corrected chi connectivity index (χ1v) is 9.76. The van der Waals surface area contributed by atoms with Gasteiger partial charge in [0.2, 0.25) is 0 Å². The van der Waals surface area contributed by atoms with Gasteiger partial charge in [-0.05, 0) is 55.3 Å². The summed E-state index contributed by atoms with van der Waals surface area (Å²) >= 11 is 0. The van der Waals surface area contributed by atoms with Crippen LogP contribution in [0.4, 0.5) is 0 Å². The number of para-hydroxylation sites is 2. The Balaban J connectivity index is 2.16. The quantitative estimate of drug-likeness (QED) is 0.464. The van der Waals surface area contributed by atoms with Crippen LogP contribution in [0.3, 0.4) is 0 Å². The van der Waals surface area contributed by atoms with Gasteiger partial charge in [-0.15, -0.1) is 0 Å². The van der Waals surface area contributed by atoms with E-state index < -0.39 is 0 Å². The van der Waals surface area contributed by atoms with E-state index in [0.717, 1.165) is 45.3 Å². The number of benzene rings is 2. The molecule has 0 N–H and O–H groups in total. The number of aromatic nitrogens is 1. The molecule has 0 saturated carbocycles. The maximum Gasteiger partial charge on any atom is 0.155 e. The van der Waals surface area contributed by atoms with Crippen molar-refractivity contribution in [3.8, 4) is 17.1 Å². The summed E-state index contributed by atoms with van der Waals surface area (Å²) in [7, 11) is 0. The minimum Gasteiger partial charge on any atom is -0.454 e. The molecule has 0 bridgehead atoms. The van der Waals surface area contributed by atoms with Crippen molar-refractivity contribution in [1.82, 2.24) is 4.57 Å². The van der Waals surface area contributed by atoms with E-state index in [9.17, 15) is 0 Å². The number of rotatable bonds is 4. The molecule has 0 aliphatic carbocycles. The van der Waals surface area contributed by atoms with Crippen LogP contribution in [0.1, 0.15) is 25.0 Å². The van der Waals surface area contributed by atoms with Gasteiger partial charge in [0.1, 0.15) is 5.58 Å². The maximum absolute atomic E-state index is 6.41. The van der Waals surface area contributed by atoms with Gasteiger partial charge in [-0.3, -0.25) is 0 Å². The van der Waals surface area contributed by atoms with Gasteiger partial charge in [0.05, 0.1) is 11.0 Å². The third kappa shape index (κ3) is 2.82. The molecular weight excluding hydrogens is 342 g/mol. The molecule has 2 aromatic carbocycles. The van der Waals surface area contributed by atoms with Crippen molar-refractivity contribution >= 4 is 23.6 Å². The summed E-state index contributed by atoms with van der Waals surface area (Å²) in [4.78, 5) is 0. The van der Waals surface area contributed by atoms with Gasteiger partial charge in [-0.25, -0.2) is 0 Å². The van der Waals surface area contributed by atoms with Crippen LogP contribution in [-0.2, 0) is 6.42 Å². The van der Waals surface area contributed by atoms with Crippen LogP contribution in [0.5, 0.6) is 0 Å². The smallest absolute Gasteiger partial charge is 0.155 e. The second kappa shape index (κ2) is 7.40. The predicted molar refractivity (Wildman–Crippen MR) is 119 cm³/mol. The fourth-order valence-corrected chi connectivity index (χ4v) is 3.88. The lowest BCUT2D eigenvalue weighted by Crippen LogP contribution is -2.27. The highest BCUT2D eigenvalue weighted by Crippen LogP contribution is 2.35. The Bertz CT molecular complexity index is 1270. The molecule has 2 heterocycles.